The molecule has 0 bridgehead atoms. The fourth-order valence-electron chi connectivity index (χ4n) is 3.51. The number of hydrogen-bond donors (Lipinski definition) is 1. The Labute approximate surface area is 208 Å². The predicted molar refractivity (Wildman–Crippen MR) is 139 cm³/mol. The zero-order valence-electron chi connectivity index (χ0n) is 19.9. The summed E-state index contributed by atoms with van der Waals surface area (Å²) < 4.78 is 17.2. The van der Waals surface area contributed by atoms with Crippen LogP contribution in [-0.2, 0) is 0 Å². The Morgan fingerprint density at radius 3 is 2.23 bits per heavy atom. The predicted octanol–water partition coefficient (Wildman–Crippen LogP) is 6.32. The molecule has 0 saturated heterocycles. The average Bonchev–Trinajstić information content (AvgIpc) is 3.37. The number of ether oxygens (including phenoxy) is 3. The fraction of sp³-hybridized carbons (Fsp3) is 0.222. The molecule has 180 valence electrons. The fourth-order valence-corrected chi connectivity index (χ4v) is 4.35. The first kappa shape index (κ1) is 24.2. The number of anilines is 1. The van der Waals surface area contributed by atoms with E-state index in [0.717, 1.165) is 21.8 Å². The van der Waals surface area contributed by atoms with Crippen molar-refractivity contribution in [1.82, 2.24) is 9.97 Å². The Kier molecular flexibility index (Phi) is 7.95. The largest absolute Gasteiger partial charge is 0.490 e. The van der Waals surface area contributed by atoms with Gasteiger partial charge in [-0.1, -0.05) is 12.1 Å². The summed E-state index contributed by atoms with van der Waals surface area (Å²) in [5, 5.41) is 5.89. The van der Waals surface area contributed by atoms with E-state index in [1.807, 2.05) is 62.5 Å². The molecule has 0 saturated carbocycles. The van der Waals surface area contributed by atoms with Crippen LogP contribution in [0.2, 0.25) is 0 Å². The number of nitrogens with one attached hydrogen (secondary N) is 1. The molecule has 35 heavy (non-hydrogen) atoms. The van der Waals surface area contributed by atoms with Gasteiger partial charge in [0.15, 0.2) is 11.5 Å². The molecule has 4 aromatic rings. The number of thiazole rings is 1. The molecule has 1 N–H and O–H groups in total. The van der Waals surface area contributed by atoms with Gasteiger partial charge in [0.1, 0.15) is 5.01 Å². The summed E-state index contributed by atoms with van der Waals surface area (Å²) in [6.07, 6.45) is 3.50. The highest BCUT2D eigenvalue weighted by Gasteiger charge is 2.19. The molecule has 0 fully saturated rings. The third-order valence-corrected chi connectivity index (χ3v) is 5.91. The lowest BCUT2D eigenvalue weighted by Crippen LogP contribution is -2.13. The Hall–Kier alpha value is -3.91. The van der Waals surface area contributed by atoms with Crippen molar-refractivity contribution in [3.05, 3.63) is 71.9 Å². The lowest BCUT2D eigenvalue weighted by atomic mass is 10.1. The minimum absolute atomic E-state index is 0.275. The lowest BCUT2D eigenvalue weighted by molar-refractivity contribution is 0.102. The molecule has 0 aliphatic rings. The van der Waals surface area contributed by atoms with Crippen LogP contribution in [0.3, 0.4) is 0 Å². The lowest BCUT2D eigenvalue weighted by Gasteiger charge is -2.17. The van der Waals surface area contributed by atoms with Gasteiger partial charge in [-0.2, -0.15) is 0 Å². The molecule has 0 spiro atoms. The highest BCUT2D eigenvalue weighted by molar-refractivity contribution is 7.13. The minimum atomic E-state index is -0.275. The zero-order valence-corrected chi connectivity index (χ0v) is 20.7. The molecular weight excluding hydrogens is 462 g/mol. The Balaban J connectivity index is 1.58. The summed E-state index contributed by atoms with van der Waals surface area (Å²) in [4.78, 5) is 22.0. The summed E-state index contributed by atoms with van der Waals surface area (Å²) in [6, 6.07) is 14.8. The number of hydrogen-bond acceptors (Lipinski definition) is 7. The van der Waals surface area contributed by atoms with Gasteiger partial charge in [-0.15, -0.1) is 11.3 Å². The highest BCUT2D eigenvalue weighted by atomic mass is 32.1. The Morgan fingerprint density at radius 2 is 1.57 bits per heavy atom. The molecule has 8 heteroatoms. The minimum Gasteiger partial charge on any atom is -0.490 e. The second kappa shape index (κ2) is 11.5. The van der Waals surface area contributed by atoms with Gasteiger partial charge in [-0.3, -0.25) is 9.78 Å². The van der Waals surface area contributed by atoms with Crippen molar-refractivity contribution >= 4 is 22.9 Å². The molecule has 0 aliphatic carbocycles. The van der Waals surface area contributed by atoms with Gasteiger partial charge in [-0.25, -0.2) is 4.98 Å². The van der Waals surface area contributed by atoms with Gasteiger partial charge in [0, 0.05) is 40.2 Å². The van der Waals surface area contributed by atoms with E-state index in [1.165, 1.54) is 0 Å². The summed E-state index contributed by atoms with van der Waals surface area (Å²) in [5.74, 6) is 1.18. The number of benzene rings is 2. The van der Waals surface area contributed by atoms with Gasteiger partial charge >= 0.3 is 0 Å². The van der Waals surface area contributed by atoms with Crippen LogP contribution in [0.15, 0.2) is 66.3 Å². The van der Waals surface area contributed by atoms with E-state index in [2.05, 4.69) is 10.3 Å². The molecular formula is C27H27N3O4S. The smallest absolute Gasteiger partial charge is 0.255 e. The first-order chi connectivity index (χ1) is 17.1. The normalized spacial score (nSPS) is 10.6. The number of nitrogens with zero attached hydrogens (tertiary/aromatic N) is 2. The molecule has 2 aromatic carbocycles. The zero-order chi connectivity index (χ0) is 24.6. The van der Waals surface area contributed by atoms with Gasteiger partial charge in [0.2, 0.25) is 5.75 Å². The topological polar surface area (TPSA) is 82.6 Å². The quantitative estimate of drug-likeness (QED) is 0.281. The highest BCUT2D eigenvalue weighted by Crippen LogP contribution is 2.39. The van der Waals surface area contributed by atoms with E-state index in [9.17, 15) is 4.79 Å². The summed E-state index contributed by atoms with van der Waals surface area (Å²) in [5.41, 5.74) is 3.86. The summed E-state index contributed by atoms with van der Waals surface area (Å²) >= 11 is 1.57. The summed E-state index contributed by atoms with van der Waals surface area (Å²) in [7, 11) is 0. The van der Waals surface area contributed by atoms with E-state index in [0.29, 0.717) is 48.3 Å². The number of rotatable bonds is 10. The van der Waals surface area contributed by atoms with Crippen molar-refractivity contribution in [2.45, 2.75) is 20.8 Å². The SMILES string of the molecule is CCOc1cc(C(=O)Nc2cccc(-c3csc(-c4ccncc4)n3)c2)cc(OCC)c1OCC. The van der Waals surface area contributed by atoms with Crippen LogP contribution < -0.4 is 19.5 Å². The maximum absolute atomic E-state index is 13.2. The Morgan fingerprint density at radius 1 is 0.886 bits per heavy atom. The van der Waals surface area contributed by atoms with Crippen LogP contribution in [0.1, 0.15) is 31.1 Å². The van der Waals surface area contributed by atoms with E-state index in [1.54, 1.807) is 35.9 Å². The molecule has 7 nitrogen and oxygen atoms in total. The van der Waals surface area contributed by atoms with E-state index >= 15 is 0 Å². The van der Waals surface area contributed by atoms with Crippen molar-refractivity contribution in [3.8, 4) is 39.1 Å². The number of aromatic nitrogens is 2. The molecule has 4 rings (SSSR count). The molecule has 2 aromatic heterocycles. The third-order valence-electron chi connectivity index (χ3n) is 5.02. The van der Waals surface area contributed by atoms with E-state index in [4.69, 9.17) is 19.2 Å². The molecule has 2 heterocycles. The molecule has 0 aliphatic heterocycles. The second-order valence-corrected chi connectivity index (χ2v) is 8.27. The molecule has 0 radical (unpaired) electrons. The third kappa shape index (κ3) is 5.78. The van der Waals surface area contributed by atoms with E-state index < -0.39 is 0 Å². The van der Waals surface area contributed by atoms with Crippen molar-refractivity contribution in [2.24, 2.45) is 0 Å². The number of pyridine rings is 1. The van der Waals surface area contributed by atoms with Crippen LogP contribution in [0.5, 0.6) is 17.2 Å². The molecule has 0 atom stereocenters. The molecule has 1 amide bonds. The monoisotopic (exact) mass is 489 g/mol. The van der Waals surface area contributed by atoms with Crippen molar-refractivity contribution in [1.29, 1.82) is 0 Å². The van der Waals surface area contributed by atoms with Crippen molar-refractivity contribution < 1.29 is 19.0 Å². The summed E-state index contributed by atoms with van der Waals surface area (Å²) in [6.45, 7) is 6.99. The van der Waals surface area contributed by atoms with Crippen LogP contribution in [0, 0.1) is 0 Å². The van der Waals surface area contributed by atoms with E-state index in [-0.39, 0.29) is 5.91 Å². The van der Waals surface area contributed by atoms with Crippen molar-refractivity contribution in [2.75, 3.05) is 25.1 Å². The van der Waals surface area contributed by atoms with Gasteiger partial charge in [0.25, 0.3) is 5.91 Å². The number of carbonyl (C=O) groups excluding carboxylic acids is 1. The second-order valence-electron chi connectivity index (χ2n) is 7.41. The van der Waals surface area contributed by atoms with Crippen LogP contribution >= 0.6 is 11.3 Å². The maximum Gasteiger partial charge on any atom is 0.255 e. The van der Waals surface area contributed by atoms with Crippen LogP contribution in [-0.4, -0.2) is 35.7 Å². The van der Waals surface area contributed by atoms with Gasteiger partial charge < -0.3 is 19.5 Å². The van der Waals surface area contributed by atoms with Crippen LogP contribution in [0.25, 0.3) is 21.8 Å². The first-order valence-corrected chi connectivity index (χ1v) is 12.3. The maximum atomic E-state index is 13.2. The standard InChI is InChI=1S/C27H27N3O4S/c1-4-32-23-15-20(16-24(33-5-2)25(23)34-6-3)26(31)29-21-9-7-8-19(14-21)22-17-35-27(30-22)18-10-12-28-13-11-18/h7-17H,4-6H2,1-3H3,(H,29,31). The number of amides is 1. The Bertz CT molecular complexity index is 1260. The van der Waals surface area contributed by atoms with Crippen molar-refractivity contribution in [3.63, 3.8) is 0 Å². The van der Waals surface area contributed by atoms with Crippen LogP contribution in [0.4, 0.5) is 5.69 Å². The van der Waals surface area contributed by atoms with Gasteiger partial charge in [-0.05, 0) is 57.2 Å². The first-order valence-electron chi connectivity index (χ1n) is 11.5. The number of carbonyl (C=O) groups is 1. The average molecular weight is 490 g/mol. The van der Waals surface area contributed by atoms with Gasteiger partial charge in [0.05, 0.1) is 25.5 Å². The molecule has 0 unspecified atom stereocenters.